The molecule has 0 bridgehead atoms. The average Bonchev–Trinajstić information content (AvgIpc) is 3.01. The van der Waals surface area contributed by atoms with E-state index in [1.54, 1.807) is 22.8 Å². The standard InChI is InChI=1S/C17H24N4O2S/c1-13(2)15-6-4-5-7-16(15)24(22,23)21-10-8-14(9-11-21)17-19-18-12-20(17)3/h4-7,12-14H,8-11H2,1-3H3. The van der Waals surface area contributed by atoms with Crippen molar-refractivity contribution in [1.82, 2.24) is 19.1 Å². The van der Waals surface area contributed by atoms with Crippen LogP contribution in [0.5, 0.6) is 0 Å². The van der Waals surface area contributed by atoms with Crippen molar-refractivity contribution in [2.75, 3.05) is 13.1 Å². The molecule has 0 spiro atoms. The maximum atomic E-state index is 13.1. The Hall–Kier alpha value is -1.73. The molecule has 1 aromatic carbocycles. The smallest absolute Gasteiger partial charge is 0.243 e. The molecule has 0 radical (unpaired) electrons. The lowest BCUT2D eigenvalue weighted by molar-refractivity contribution is 0.310. The zero-order valence-electron chi connectivity index (χ0n) is 14.4. The van der Waals surface area contributed by atoms with E-state index in [4.69, 9.17) is 0 Å². The summed E-state index contributed by atoms with van der Waals surface area (Å²) < 4.78 is 29.7. The summed E-state index contributed by atoms with van der Waals surface area (Å²) in [5.74, 6) is 1.38. The minimum absolute atomic E-state index is 0.173. The fraction of sp³-hybridized carbons (Fsp3) is 0.529. The van der Waals surface area contributed by atoms with E-state index in [0.29, 0.717) is 18.0 Å². The summed E-state index contributed by atoms with van der Waals surface area (Å²) in [6.07, 6.45) is 3.24. The molecule has 1 aliphatic rings. The second-order valence-corrected chi connectivity index (χ2v) is 8.58. The second kappa shape index (κ2) is 6.64. The molecule has 7 heteroatoms. The predicted octanol–water partition coefficient (Wildman–Crippen LogP) is 2.51. The van der Waals surface area contributed by atoms with Gasteiger partial charge in [-0.2, -0.15) is 4.31 Å². The van der Waals surface area contributed by atoms with Crippen LogP contribution in [0.2, 0.25) is 0 Å². The highest BCUT2D eigenvalue weighted by Gasteiger charge is 2.32. The summed E-state index contributed by atoms with van der Waals surface area (Å²) in [5.41, 5.74) is 0.882. The number of aryl methyl sites for hydroxylation is 1. The summed E-state index contributed by atoms with van der Waals surface area (Å²) >= 11 is 0. The van der Waals surface area contributed by atoms with Crippen molar-refractivity contribution in [3.05, 3.63) is 42.0 Å². The number of benzene rings is 1. The van der Waals surface area contributed by atoms with Gasteiger partial charge >= 0.3 is 0 Å². The quantitative estimate of drug-likeness (QED) is 0.851. The average molecular weight is 348 g/mol. The van der Waals surface area contributed by atoms with E-state index in [1.165, 1.54) is 0 Å². The minimum atomic E-state index is -3.45. The van der Waals surface area contributed by atoms with Gasteiger partial charge in [0.25, 0.3) is 0 Å². The van der Waals surface area contributed by atoms with Crippen LogP contribution in [0.4, 0.5) is 0 Å². The second-order valence-electron chi connectivity index (χ2n) is 6.67. The van der Waals surface area contributed by atoms with E-state index in [-0.39, 0.29) is 11.8 Å². The Morgan fingerprint density at radius 1 is 1.17 bits per heavy atom. The molecule has 2 heterocycles. The highest BCUT2D eigenvalue weighted by atomic mass is 32.2. The molecule has 6 nitrogen and oxygen atoms in total. The Balaban J connectivity index is 1.80. The monoisotopic (exact) mass is 348 g/mol. The lowest BCUT2D eigenvalue weighted by atomic mass is 9.97. The van der Waals surface area contributed by atoms with Gasteiger partial charge in [-0.1, -0.05) is 32.0 Å². The van der Waals surface area contributed by atoms with Gasteiger partial charge in [-0.3, -0.25) is 0 Å². The van der Waals surface area contributed by atoms with E-state index in [1.807, 2.05) is 37.6 Å². The fourth-order valence-electron chi connectivity index (χ4n) is 3.35. The number of hydrogen-bond donors (Lipinski definition) is 0. The highest BCUT2D eigenvalue weighted by Crippen LogP contribution is 2.31. The normalized spacial score (nSPS) is 17.5. The molecule has 0 unspecified atom stereocenters. The summed E-state index contributed by atoms with van der Waals surface area (Å²) in [7, 11) is -1.52. The fourth-order valence-corrected chi connectivity index (χ4v) is 5.17. The molecular weight excluding hydrogens is 324 g/mol. The third-order valence-electron chi connectivity index (χ3n) is 4.72. The van der Waals surface area contributed by atoms with E-state index >= 15 is 0 Å². The van der Waals surface area contributed by atoms with Crippen molar-refractivity contribution in [3.63, 3.8) is 0 Å². The van der Waals surface area contributed by atoms with Crippen LogP contribution < -0.4 is 0 Å². The van der Waals surface area contributed by atoms with E-state index in [9.17, 15) is 8.42 Å². The molecule has 2 aromatic rings. The molecule has 24 heavy (non-hydrogen) atoms. The third-order valence-corrected chi connectivity index (χ3v) is 6.70. The van der Waals surface area contributed by atoms with E-state index in [0.717, 1.165) is 24.2 Å². The van der Waals surface area contributed by atoms with Gasteiger partial charge in [0.1, 0.15) is 12.2 Å². The summed E-state index contributed by atoms with van der Waals surface area (Å²) in [4.78, 5) is 0.442. The maximum Gasteiger partial charge on any atom is 0.243 e. The van der Waals surface area contributed by atoms with Crippen LogP contribution in [-0.4, -0.2) is 40.6 Å². The first-order chi connectivity index (χ1) is 11.4. The van der Waals surface area contributed by atoms with Crippen LogP contribution >= 0.6 is 0 Å². The zero-order chi connectivity index (χ0) is 17.3. The van der Waals surface area contributed by atoms with Crippen LogP contribution in [0.15, 0.2) is 35.5 Å². The van der Waals surface area contributed by atoms with Crippen LogP contribution in [0, 0.1) is 0 Å². The number of rotatable bonds is 4. The number of aromatic nitrogens is 3. The molecule has 1 aliphatic heterocycles. The lowest BCUT2D eigenvalue weighted by Crippen LogP contribution is -2.38. The first-order valence-electron chi connectivity index (χ1n) is 8.34. The van der Waals surface area contributed by atoms with Gasteiger partial charge in [-0.05, 0) is 30.4 Å². The molecule has 0 amide bonds. The van der Waals surface area contributed by atoms with Crippen molar-refractivity contribution in [2.24, 2.45) is 7.05 Å². The zero-order valence-corrected chi connectivity index (χ0v) is 15.2. The Morgan fingerprint density at radius 2 is 1.83 bits per heavy atom. The SMILES string of the molecule is CC(C)c1ccccc1S(=O)(=O)N1CCC(c2nncn2C)CC1. The van der Waals surface area contributed by atoms with Crippen molar-refractivity contribution >= 4 is 10.0 Å². The van der Waals surface area contributed by atoms with Crippen molar-refractivity contribution in [1.29, 1.82) is 0 Å². The van der Waals surface area contributed by atoms with Crippen LogP contribution in [0.1, 0.15) is 49.9 Å². The molecule has 0 aliphatic carbocycles. The van der Waals surface area contributed by atoms with Gasteiger partial charge in [-0.25, -0.2) is 8.42 Å². The van der Waals surface area contributed by atoms with Gasteiger partial charge in [0.15, 0.2) is 0 Å². The Bertz CT molecular complexity index is 806. The molecule has 1 saturated heterocycles. The van der Waals surface area contributed by atoms with Crippen LogP contribution in [0.25, 0.3) is 0 Å². The Labute approximate surface area is 143 Å². The molecule has 130 valence electrons. The minimum Gasteiger partial charge on any atom is -0.320 e. The molecule has 3 rings (SSSR count). The molecule has 0 N–H and O–H groups in total. The molecule has 0 atom stereocenters. The van der Waals surface area contributed by atoms with Gasteiger partial charge < -0.3 is 4.57 Å². The Kier molecular flexibility index (Phi) is 4.73. The van der Waals surface area contributed by atoms with Crippen molar-refractivity contribution in [2.45, 2.75) is 43.4 Å². The van der Waals surface area contributed by atoms with E-state index < -0.39 is 10.0 Å². The maximum absolute atomic E-state index is 13.1. The van der Waals surface area contributed by atoms with Gasteiger partial charge in [0.2, 0.25) is 10.0 Å². The van der Waals surface area contributed by atoms with Gasteiger partial charge in [-0.15, -0.1) is 10.2 Å². The topological polar surface area (TPSA) is 68.1 Å². The number of piperidine rings is 1. The lowest BCUT2D eigenvalue weighted by Gasteiger charge is -2.31. The highest BCUT2D eigenvalue weighted by molar-refractivity contribution is 7.89. The number of nitrogens with zero attached hydrogens (tertiary/aromatic N) is 4. The Morgan fingerprint density at radius 3 is 2.42 bits per heavy atom. The summed E-state index contributed by atoms with van der Waals surface area (Å²) in [6, 6.07) is 7.32. The van der Waals surface area contributed by atoms with Crippen molar-refractivity contribution < 1.29 is 8.42 Å². The van der Waals surface area contributed by atoms with E-state index in [2.05, 4.69) is 10.2 Å². The predicted molar refractivity (Wildman–Crippen MR) is 92.3 cm³/mol. The van der Waals surface area contributed by atoms with Gasteiger partial charge in [0.05, 0.1) is 4.90 Å². The summed E-state index contributed by atoms with van der Waals surface area (Å²) in [5, 5.41) is 8.09. The first kappa shape index (κ1) is 17.1. The first-order valence-corrected chi connectivity index (χ1v) is 9.78. The number of sulfonamides is 1. The molecule has 0 saturated carbocycles. The molecule has 1 aromatic heterocycles. The van der Waals surface area contributed by atoms with Gasteiger partial charge in [0, 0.05) is 26.1 Å². The van der Waals surface area contributed by atoms with Crippen LogP contribution in [0.3, 0.4) is 0 Å². The molecular formula is C17H24N4O2S. The summed E-state index contributed by atoms with van der Waals surface area (Å²) in [6.45, 7) is 5.09. The number of hydrogen-bond acceptors (Lipinski definition) is 4. The molecule has 1 fully saturated rings. The largest absolute Gasteiger partial charge is 0.320 e. The third kappa shape index (κ3) is 3.10. The van der Waals surface area contributed by atoms with Crippen molar-refractivity contribution in [3.8, 4) is 0 Å². The van der Waals surface area contributed by atoms with Crippen LogP contribution in [-0.2, 0) is 17.1 Å².